The second-order valence-electron chi connectivity index (χ2n) is 11.2. The van der Waals surface area contributed by atoms with E-state index < -0.39 is 30.2 Å². The minimum atomic E-state index is -1.15. The Labute approximate surface area is 260 Å². The first-order valence-corrected chi connectivity index (χ1v) is 15.4. The van der Waals surface area contributed by atoms with Crippen LogP contribution in [0, 0.1) is 0 Å². The largest absolute Gasteiger partial charge is 0.374 e. The van der Waals surface area contributed by atoms with Gasteiger partial charge in [-0.1, -0.05) is 127 Å². The van der Waals surface area contributed by atoms with E-state index in [9.17, 15) is 0 Å². The van der Waals surface area contributed by atoms with E-state index in [0.717, 1.165) is 28.7 Å². The highest BCUT2D eigenvalue weighted by Gasteiger charge is 2.57. The number of hydrogen-bond donors (Lipinski definition) is 0. The first-order valence-electron chi connectivity index (χ1n) is 15.4. The van der Waals surface area contributed by atoms with Crippen LogP contribution in [0.5, 0.6) is 0 Å². The second-order valence-corrected chi connectivity index (χ2v) is 11.2. The van der Waals surface area contributed by atoms with Gasteiger partial charge in [-0.15, -0.1) is 0 Å². The number of ether oxygens (including phenoxy) is 6. The standard InChI is InChI=1S/C38H40O6/c1-5-15-30(16-6-1)25-39-29-34-35(40-26-31-17-7-2-8-18-31)36(41-27-32-19-9-3-10-20-32)37(38(44-34)23-13-14-24-43-38)42-28-33-21-11-4-12-22-33/h1-13,15-23,34-37H,14,24-29H2/t34-,35-,36+,37-,38?/m1/s1. The molecule has 1 saturated heterocycles. The highest BCUT2D eigenvalue weighted by atomic mass is 16.7. The van der Waals surface area contributed by atoms with Crippen LogP contribution < -0.4 is 0 Å². The predicted molar refractivity (Wildman–Crippen MR) is 168 cm³/mol. The van der Waals surface area contributed by atoms with Gasteiger partial charge in [0.05, 0.1) is 39.6 Å². The van der Waals surface area contributed by atoms with Gasteiger partial charge in [-0.3, -0.25) is 0 Å². The lowest BCUT2D eigenvalue weighted by atomic mass is 9.90. The van der Waals surface area contributed by atoms with Crippen molar-refractivity contribution in [2.24, 2.45) is 0 Å². The molecule has 0 N–H and O–H groups in total. The first kappa shape index (κ1) is 30.4. The molecule has 6 rings (SSSR count). The van der Waals surface area contributed by atoms with Gasteiger partial charge in [0.15, 0.2) is 0 Å². The molecule has 2 heterocycles. The van der Waals surface area contributed by atoms with Crippen molar-refractivity contribution in [3.8, 4) is 0 Å². The zero-order valence-corrected chi connectivity index (χ0v) is 24.9. The van der Waals surface area contributed by atoms with Gasteiger partial charge in [-0.05, 0) is 34.8 Å². The van der Waals surface area contributed by atoms with Crippen LogP contribution in [-0.2, 0) is 54.8 Å². The van der Waals surface area contributed by atoms with Crippen molar-refractivity contribution in [2.75, 3.05) is 13.2 Å². The summed E-state index contributed by atoms with van der Waals surface area (Å²) < 4.78 is 39.8. The smallest absolute Gasteiger partial charge is 0.218 e. The van der Waals surface area contributed by atoms with Crippen LogP contribution in [0.4, 0.5) is 0 Å². The highest BCUT2D eigenvalue weighted by Crippen LogP contribution is 2.40. The lowest BCUT2D eigenvalue weighted by molar-refractivity contribution is -0.365. The highest BCUT2D eigenvalue weighted by molar-refractivity contribution is 5.18. The Morgan fingerprint density at radius 1 is 0.568 bits per heavy atom. The van der Waals surface area contributed by atoms with Crippen LogP contribution in [0.2, 0.25) is 0 Å². The van der Waals surface area contributed by atoms with Gasteiger partial charge in [0, 0.05) is 0 Å². The second kappa shape index (κ2) is 15.4. The molecule has 6 heteroatoms. The Balaban J connectivity index is 1.32. The minimum Gasteiger partial charge on any atom is -0.374 e. The predicted octanol–water partition coefficient (Wildman–Crippen LogP) is 7.03. The van der Waals surface area contributed by atoms with Crippen molar-refractivity contribution in [3.05, 3.63) is 156 Å². The fraction of sp³-hybridized carbons (Fsp3) is 0.316. The third kappa shape index (κ3) is 7.90. The zero-order valence-electron chi connectivity index (χ0n) is 24.9. The molecule has 1 unspecified atom stereocenters. The lowest BCUT2D eigenvalue weighted by Gasteiger charge is -2.52. The van der Waals surface area contributed by atoms with Crippen LogP contribution in [0.25, 0.3) is 0 Å². The van der Waals surface area contributed by atoms with Crippen LogP contribution in [-0.4, -0.2) is 43.4 Å². The average molecular weight is 593 g/mol. The van der Waals surface area contributed by atoms with Gasteiger partial charge >= 0.3 is 0 Å². The summed E-state index contributed by atoms with van der Waals surface area (Å²) >= 11 is 0. The molecular weight excluding hydrogens is 552 g/mol. The Hall–Kier alpha value is -3.62. The Bertz CT molecular complexity index is 1420. The van der Waals surface area contributed by atoms with Crippen molar-refractivity contribution < 1.29 is 28.4 Å². The lowest BCUT2D eigenvalue weighted by Crippen LogP contribution is -2.67. The topological polar surface area (TPSA) is 55.4 Å². The first-order chi connectivity index (χ1) is 21.8. The molecule has 1 spiro atoms. The summed E-state index contributed by atoms with van der Waals surface area (Å²) in [5.74, 6) is -1.15. The Morgan fingerprint density at radius 3 is 1.55 bits per heavy atom. The molecule has 0 amide bonds. The minimum absolute atomic E-state index is 0.296. The van der Waals surface area contributed by atoms with Gasteiger partial charge in [0.1, 0.15) is 24.4 Å². The zero-order chi connectivity index (χ0) is 29.9. The molecule has 4 aromatic rings. The SMILES string of the molecule is C1=CC2(OCC1)O[C@H](COCc1ccccc1)[C@@H](OCc1ccccc1)[C@H](OCc1ccccc1)[C@H]2OCc1ccccc1. The molecule has 44 heavy (non-hydrogen) atoms. The monoisotopic (exact) mass is 592 g/mol. The molecule has 0 saturated carbocycles. The van der Waals surface area contributed by atoms with Crippen molar-refractivity contribution in [2.45, 2.75) is 63.1 Å². The van der Waals surface area contributed by atoms with E-state index >= 15 is 0 Å². The molecule has 0 radical (unpaired) electrons. The van der Waals surface area contributed by atoms with E-state index in [1.165, 1.54) is 0 Å². The third-order valence-corrected chi connectivity index (χ3v) is 7.92. The van der Waals surface area contributed by atoms with Crippen LogP contribution in [0.1, 0.15) is 28.7 Å². The summed E-state index contributed by atoms with van der Waals surface area (Å²) in [6.45, 7) is 2.42. The molecule has 0 aromatic heterocycles. The van der Waals surface area contributed by atoms with Crippen molar-refractivity contribution in [1.82, 2.24) is 0 Å². The van der Waals surface area contributed by atoms with Gasteiger partial charge in [0.25, 0.3) is 0 Å². The maximum Gasteiger partial charge on any atom is 0.218 e. The molecule has 228 valence electrons. The summed E-state index contributed by atoms with van der Waals surface area (Å²) in [6.07, 6.45) is 2.78. The summed E-state index contributed by atoms with van der Waals surface area (Å²) in [7, 11) is 0. The fourth-order valence-electron chi connectivity index (χ4n) is 5.70. The molecule has 0 bridgehead atoms. The van der Waals surface area contributed by atoms with E-state index in [2.05, 4.69) is 54.6 Å². The van der Waals surface area contributed by atoms with Gasteiger partial charge in [-0.25, -0.2) is 0 Å². The van der Waals surface area contributed by atoms with Crippen LogP contribution >= 0.6 is 0 Å². The van der Waals surface area contributed by atoms with Crippen molar-refractivity contribution in [1.29, 1.82) is 0 Å². The number of hydrogen-bond acceptors (Lipinski definition) is 6. The van der Waals surface area contributed by atoms with E-state index in [1.54, 1.807) is 0 Å². The molecule has 0 aliphatic carbocycles. The quantitative estimate of drug-likeness (QED) is 0.155. The fourth-order valence-corrected chi connectivity index (χ4v) is 5.70. The van der Waals surface area contributed by atoms with Crippen molar-refractivity contribution in [3.63, 3.8) is 0 Å². The molecule has 6 nitrogen and oxygen atoms in total. The molecule has 2 aliphatic rings. The summed E-state index contributed by atoms with van der Waals surface area (Å²) in [5.41, 5.74) is 4.27. The van der Waals surface area contributed by atoms with E-state index in [-0.39, 0.29) is 0 Å². The Kier molecular flexibility index (Phi) is 10.6. The van der Waals surface area contributed by atoms with E-state index in [4.69, 9.17) is 28.4 Å². The normalized spacial score (nSPS) is 24.8. The van der Waals surface area contributed by atoms with Crippen LogP contribution in [0.3, 0.4) is 0 Å². The van der Waals surface area contributed by atoms with E-state index in [0.29, 0.717) is 39.6 Å². The molecule has 2 aliphatic heterocycles. The summed E-state index contributed by atoms with van der Waals surface area (Å²) in [4.78, 5) is 0. The molecular formula is C38H40O6. The van der Waals surface area contributed by atoms with Gasteiger partial charge in [-0.2, -0.15) is 0 Å². The van der Waals surface area contributed by atoms with Gasteiger partial charge < -0.3 is 28.4 Å². The number of benzene rings is 4. The molecule has 1 fully saturated rings. The Morgan fingerprint density at radius 2 is 1.05 bits per heavy atom. The average Bonchev–Trinajstić information content (AvgIpc) is 3.09. The number of rotatable bonds is 13. The molecule has 5 atom stereocenters. The maximum absolute atomic E-state index is 6.87. The van der Waals surface area contributed by atoms with Gasteiger partial charge in [0.2, 0.25) is 5.79 Å². The summed E-state index contributed by atoms with van der Waals surface area (Å²) in [5, 5.41) is 0. The summed E-state index contributed by atoms with van der Waals surface area (Å²) in [6, 6.07) is 40.6. The van der Waals surface area contributed by atoms with Crippen LogP contribution in [0.15, 0.2) is 133 Å². The van der Waals surface area contributed by atoms with E-state index in [1.807, 2.05) is 78.9 Å². The third-order valence-electron chi connectivity index (χ3n) is 7.92. The molecule has 4 aromatic carbocycles. The maximum atomic E-state index is 6.87. The van der Waals surface area contributed by atoms with Crippen molar-refractivity contribution >= 4 is 0 Å².